The van der Waals surface area contributed by atoms with Crippen LogP contribution in [0.15, 0.2) is 75.4 Å². The summed E-state index contributed by atoms with van der Waals surface area (Å²) in [5.41, 5.74) is 1.63. The van der Waals surface area contributed by atoms with Crippen molar-refractivity contribution in [2.24, 2.45) is 27.6 Å². The monoisotopic (exact) mass is 380 g/mol. The second-order valence-electron chi connectivity index (χ2n) is 5.48. The maximum absolute atomic E-state index is 10.7. The van der Waals surface area contributed by atoms with Crippen LogP contribution in [0.2, 0.25) is 0 Å². The normalized spacial score (nSPS) is 12.1. The summed E-state index contributed by atoms with van der Waals surface area (Å²) in [4.78, 5) is 10.2. The molecule has 0 saturated heterocycles. The van der Waals surface area contributed by atoms with E-state index in [-0.39, 0.29) is 5.69 Å². The van der Waals surface area contributed by atoms with Gasteiger partial charge in [-0.15, -0.1) is 5.11 Å². The van der Waals surface area contributed by atoms with Crippen LogP contribution in [-0.2, 0) is 7.05 Å². The standard InChI is InChI=1S/C17H16N8O3/c1-23-17(21-22-20-14-5-7-15(8-6-14)25(26)27)24(12-19-23)18-11-13-3-9-16(28-2)10-4-13/h3-12H,1-2H3/b18-11+,21-17+,22-20?. The first kappa shape index (κ1) is 18.6. The SMILES string of the molecule is COc1ccc(/C=N/n2cnn(C)/c2=N\N=Nc2ccc([N+](=O)[O-])cc2)cc1. The Morgan fingerprint density at radius 3 is 2.50 bits per heavy atom. The first-order chi connectivity index (χ1) is 13.6. The molecule has 0 bridgehead atoms. The highest BCUT2D eigenvalue weighted by molar-refractivity contribution is 5.79. The Kier molecular flexibility index (Phi) is 5.65. The molecule has 1 aromatic heterocycles. The number of aryl methyl sites for hydroxylation is 1. The van der Waals surface area contributed by atoms with E-state index in [2.05, 4.69) is 25.6 Å². The zero-order valence-electron chi connectivity index (χ0n) is 15.1. The highest BCUT2D eigenvalue weighted by Crippen LogP contribution is 2.18. The third-order valence-electron chi connectivity index (χ3n) is 3.63. The van der Waals surface area contributed by atoms with E-state index in [0.717, 1.165) is 11.3 Å². The molecule has 3 aromatic rings. The average molecular weight is 380 g/mol. The number of nitrogens with zero attached hydrogens (tertiary/aromatic N) is 8. The van der Waals surface area contributed by atoms with Crippen molar-refractivity contribution >= 4 is 17.6 Å². The Hall–Kier alpha value is -4.15. The molecule has 0 fully saturated rings. The van der Waals surface area contributed by atoms with Crippen LogP contribution in [0.1, 0.15) is 5.56 Å². The largest absolute Gasteiger partial charge is 0.497 e. The highest BCUT2D eigenvalue weighted by atomic mass is 16.6. The summed E-state index contributed by atoms with van der Waals surface area (Å²) < 4.78 is 8.05. The lowest BCUT2D eigenvalue weighted by Crippen LogP contribution is -2.21. The summed E-state index contributed by atoms with van der Waals surface area (Å²) in [6.07, 6.45) is 3.13. The molecule has 3 rings (SSSR count). The fourth-order valence-corrected chi connectivity index (χ4v) is 2.14. The number of nitro groups is 1. The molecular weight excluding hydrogens is 364 g/mol. The van der Waals surface area contributed by atoms with Gasteiger partial charge in [0.2, 0.25) is 0 Å². The number of aromatic nitrogens is 3. The number of hydrogen-bond acceptors (Lipinski definition) is 7. The van der Waals surface area contributed by atoms with E-state index in [4.69, 9.17) is 4.74 Å². The molecule has 2 aromatic carbocycles. The number of nitro benzene ring substituents is 1. The fourth-order valence-electron chi connectivity index (χ4n) is 2.14. The molecule has 0 N–H and O–H groups in total. The summed E-state index contributed by atoms with van der Waals surface area (Å²) in [5, 5.41) is 30.7. The zero-order chi connectivity index (χ0) is 19.9. The van der Waals surface area contributed by atoms with E-state index in [1.165, 1.54) is 40.0 Å². The van der Waals surface area contributed by atoms with Gasteiger partial charge in [0.25, 0.3) is 11.3 Å². The van der Waals surface area contributed by atoms with E-state index >= 15 is 0 Å². The van der Waals surface area contributed by atoms with Crippen LogP contribution in [0.5, 0.6) is 5.75 Å². The number of benzene rings is 2. The van der Waals surface area contributed by atoms with E-state index in [0.29, 0.717) is 11.3 Å². The van der Waals surface area contributed by atoms with Gasteiger partial charge in [0, 0.05) is 19.2 Å². The van der Waals surface area contributed by atoms with Crippen molar-refractivity contribution < 1.29 is 9.66 Å². The van der Waals surface area contributed by atoms with Crippen LogP contribution >= 0.6 is 0 Å². The summed E-state index contributed by atoms with van der Waals surface area (Å²) >= 11 is 0. The fraction of sp³-hybridized carbons (Fsp3) is 0.118. The number of hydrogen-bond donors (Lipinski definition) is 0. The summed E-state index contributed by atoms with van der Waals surface area (Å²) in [6.45, 7) is 0. The molecule has 11 nitrogen and oxygen atoms in total. The Morgan fingerprint density at radius 1 is 1.14 bits per heavy atom. The molecule has 1 heterocycles. The van der Waals surface area contributed by atoms with E-state index in [1.54, 1.807) is 20.4 Å². The van der Waals surface area contributed by atoms with Gasteiger partial charge < -0.3 is 4.74 Å². The van der Waals surface area contributed by atoms with Gasteiger partial charge in [0.15, 0.2) is 0 Å². The van der Waals surface area contributed by atoms with Crippen molar-refractivity contribution in [1.29, 1.82) is 0 Å². The van der Waals surface area contributed by atoms with Crippen LogP contribution in [0.4, 0.5) is 11.4 Å². The minimum atomic E-state index is -0.481. The predicted octanol–water partition coefficient (Wildman–Crippen LogP) is 2.62. The molecule has 11 heteroatoms. The Labute approximate surface area is 159 Å². The van der Waals surface area contributed by atoms with Crippen molar-refractivity contribution in [2.45, 2.75) is 0 Å². The zero-order valence-corrected chi connectivity index (χ0v) is 15.1. The quantitative estimate of drug-likeness (QED) is 0.282. The summed E-state index contributed by atoms with van der Waals surface area (Å²) in [6, 6.07) is 13.1. The maximum Gasteiger partial charge on any atom is 0.270 e. The van der Waals surface area contributed by atoms with Crippen molar-refractivity contribution in [3.63, 3.8) is 0 Å². The van der Waals surface area contributed by atoms with Gasteiger partial charge in [0.05, 0.1) is 23.9 Å². The van der Waals surface area contributed by atoms with Gasteiger partial charge in [-0.1, -0.05) is 5.10 Å². The Morgan fingerprint density at radius 2 is 1.86 bits per heavy atom. The molecule has 0 aliphatic heterocycles. The topological polar surface area (TPSA) is 125 Å². The molecular formula is C17H16N8O3. The Bertz CT molecular complexity index is 1080. The third kappa shape index (κ3) is 4.52. The number of rotatable bonds is 6. The molecule has 0 aliphatic carbocycles. The van der Waals surface area contributed by atoms with Crippen LogP contribution in [0.3, 0.4) is 0 Å². The predicted molar refractivity (Wildman–Crippen MR) is 100 cm³/mol. The minimum Gasteiger partial charge on any atom is -0.497 e. The van der Waals surface area contributed by atoms with Crippen molar-refractivity contribution in [2.75, 3.05) is 7.11 Å². The lowest BCUT2D eigenvalue weighted by molar-refractivity contribution is -0.384. The first-order valence-corrected chi connectivity index (χ1v) is 8.05. The average Bonchev–Trinajstić information content (AvgIpc) is 3.07. The molecule has 0 amide bonds. The summed E-state index contributed by atoms with van der Waals surface area (Å²) in [5.74, 6) is 0.758. The van der Waals surface area contributed by atoms with E-state index < -0.39 is 4.92 Å². The highest BCUT2D eigenvalue weighted by Gasteiger charge is 2.03. The molecule has 0 spiro atoms. The van der Waals surface area contributed by atoms with Gasteiger partial charge in [-0.2, -0.15) is 14.9 Å². The van der Waals surface area contributed by atoms with Gasteiger partial charge in [-0.25, -0.2) is 4.68 Å². The molecule has 0 unspecified atom stereocenters. The van der Waals surface area contributed by atoms with Gasteiger partial charge >= 0.3 is 0 Å². The lowest BCUT2D eigenvalue weighted by Gasteiger charge is -1.98. The van der Waals surface area contributed by atoms with Crippen LogP contribution in [0.25, 0.3) is 0 Å². The third-order valence-corrected chi connectivity index (χ3v) is 3.63. The number of non-ortho nitro benzene ring substituents is 1. The van der Waals surface area contributed by atoms with Crippen LogP contribution < -0.4 is 10.4 Å². The lowest BCUT2D eigenvalue weighted by atomic mass is 10.2. The smallest absolute Gasteiger partial charge is 0.270 e. The molecule has 0 atom stereocenters. The second-order valence-corrected chi connectivity index (χ2v) is 5.48. The van der Waals surface area contributed by atoms with E-state index in [1.807, 2.05) is 24.3 Å². The van der Waals surface area contributed by atoms with Crippen molar-refractivity contribution in [3.8, 4) is 5.75 Å². The number of ether oxygens (including phenoxy) is 1. The van der Waals surface area contributed by atoms with E-state index in [9.17, 15) is 10.1 Å². The van der Waals surface area contributed by atoms with Crippen molar-refractivity contribution in [1.82, 2.24) is 14.5 Å². The first-order valence-electron chi connectivity index (χ1n) is 8.05. The molecule has 28 heavy (non-hydrogen) atoms. The number of methoxy groups -OCH3 is 1. The van der Waals surface area contributed by atoms with Gasteiger partial charge in [-0.05, 0) is 47.2 Å². The molecule has 0 radical (unpaired) electrons. The van der Waals surface area contributed by atoms with Crippen LogP contribution in [-0.4, -0.2) is 32.7 Å². The molecule has 0 saturated carbocycles. The Balaban J connectivity index is 1.79. The molecule has 142 valence electrons. The summed E-state index contributed by atoms with van der Waals surface area (Å²) in [7, 11) is 3.30. The van der Waals surface area contributed by atoms with Crippen LogP contribution in [0, 0.1) is 10.1 Å². The van der Waals surface area contributed by atoms with Gasteiger partial charge in [-0.3, -0.25) is 10.1 Å². The van der Waals surface area contributed by atoms with Crippen molar-refractivity contribution in [3.05, 3.63) is 76.2 Å². The second kappa shape index (κ2) is 8.49. The van der Waals surface area contributed by atoms with Gasteiger partial charge in [0.1, 0.15) is 12.1 Å². The maximum atomic E-state index is 10.7. The minimum absolute atomic E-state index is 0.0202. The molecule has 0 aliphatic rings.